The van der Waals surface area contributed by atoms with Gasteiger partial charge in [0, 0.05) is 131 Å². The van der Waals surface area contributed by atoms with Crippen molar-refractivity contribution in [2.45, 2.75) is 187 Å². The van der Waals surface area contributed by atoms with Crippen molar-refractivity contribution in [2.75, 3.05) is 0 Å². The molecule has 0 unspecified atom stereocenters. The van der Waals surface area contributed by atoms with Gasteiger partial charge in [0.2, 0.25) is 0 Å². The topological polar surface area (TPSA) is 48.4 Å². The zero-order valence-electron chi connectivity index (χ0n) is 64.6. The van der Waals surface area contributed by atoms with E-state index in [2.05, 4.69) is 390 Å². The number of rotatable bonds is 3. The Morgan fingerprint density at radius 3 is 0.945 bits per heavy atom. The molecule has 12 aromatic carbocycles. The second kappa shape index (κ2) is 30.0. The number of para-hydroxylation sites is 5. The Morgan fingerprint density at radius 2 is 0.569 bits per heavy atom. The molecule has 109 heavy (non-hydrogen) atoms. The lowest BCUT2D eigenvalue weighted by Gasteiger charge is -2.26. The third-order valence-electron chi connectivity index (χ3n) is 20.7. The van der Waals surface area contributed by atoms with Gasteiger partial charge in [0.1, 0.15) is 0 Å². The molecule has 0 aliphatic heterocycles. The minimum Gasteiger partial charge on any atom is -0.335 e. The van der Waals surface area contributed by atoms with Crippen LogP contribution in [0.3, 0.4) is 0 Å². The van der Waals surface area contributed by atoms with Gasteiger partial charge >= 0.3 is 0 Å². The van der Waals surface area contributed by atoms with Crippen LogP contribution in [0.15, 0.2) is 261 Å². The Bertz CT molecular complexity index is 5980. The number of terminal acetylenes is 1. The van der Waals surface area contributed by atoms with Crippen LogP contribution < -0.4 is 0 Å². The molecular formula is C103H114N6. The van der Waals surface area contributed by atoms with Crippen LogP contribution in [0, 0.1) is 23.7 Å². The molecule has 5 aromatic heterocycles. The highest BCUT2D eigenvalue weighted by Crippen LogP contribution is 2.45. The standard InChI is InChI=1S/C28H24N2.C28H25N.C24H33N.C19H16N2.4CH4/c1-28(2,3)30-26-15-9-6-12-22(26)23-18-19(16-17-27(23)30)29-24-13-7-4-10-20(24)21-11-5-8-14-25(21)29;1-28(2,3)29-26-22(20-12-6-4-7-13-20)16-10-18-24(26)25-19-11-17-23(27(25)29)21-14-8-5-9-15-21;1-22(2,3)16-10-12-20-18(14-16)19-15-17(23(4,5)6)11-13-21(19)25(20)24(7,8)9;1-5-13-6-8-17-15(10-13)16-11-14(12-20)7-9-18(16)21(17)19(2,3)4;;;;/h4-18H,1-3H3;4-19H,1-3H3;10-15H,1-9H3;1,6-11H,2-4H3;4*1H4. The quantitative estimate of drug-likeness (QED) is 0.163. The molecule has 5 heterocycles. The van der Waals surface area contributed by atoms with Crippen LogP contribution in [0.25, 0.3) is 137 Å². The third kappa shape index (κ3) is 14.7. The van der Waals surface area contributed by atoms with Crippen LogP contribution in [-0.2, 0) is 33.0 Å². The summed E-state index contributed by atoms with van der Waals surface area (Å²) < 4.78 is 12.2. The molecule has 556 valence electrons. The zero-order valence-corrected chi connectivity index (χ0v) is 64.6. The Labute approximate surface area is 649 Å². The van der Waals surface area contributed by atoms with Crippen LogP contribution in [0.4, 0.5) is 0 Å². The van der Waals surface area contributed by atoms with Gasteiger partial charge in [0.05, 0.1) is 33.7 Å². The second-order valence-corrected chi connectivity index (χ2v) is 34.4. The van der Waals surface area contributed by atoms with Crippen LogP contribution in [-0.4, -0.2) is 22.8 Å². The number of aromatic nitrogens is 5. The summed E-state index contributed by atoms with van der Waals surface area (Å²) in [5.74, 6) is 2.69. The maximum atomic E-state index is 9.15. The largest absolute Gasteiger partial charge is 0.335 e. The molecular weight excluding hydrogens is 1320 g/mol. The molecule has 0 saturated heterocycles. The van der Waals surface area contributed by atoms with Crippen molar-refractivity contribution < 1.29 is 0 Å². The van der Waals surface area contributed by atoms with Crippen LogP contribution in [0.5, 0.6) is 0 Å². The summed E-state index contributed by atoms with van der Waals surface area (Å²) in [5, 5.41) is 21.9. The molecule has 6 nitrogen and oxygen atoms in total. The predicted octanol–water partition coefficient (Wildman–Crippen LogP) is 29.6. The smallest absolute Gasteiger partial charge is 0.0991 e. The van der Waals surface area contributed by atoms with Gasteiger partial charge in [-0.3, -0.25) is 0 Å². The van der Waals surface area contributed by atoms with Gasteiger partial charge in [-0.25, -0.2) is 0 Å². The van der Waals surface area contributed by atoms with Crippen LogP contribution in [0.1, 0.15) is 177 Å². The fourth-order valence-corrected chi connectivity index (χ4v) is 16.1. The summed E-state index contributed by atoms with van der Waals surface area (Å²) in [7, 11) is 0. The maximum Gasteiger partial charge on any atom is 0.0991 e. The van der Waals surface area contributed by atoms with Crippen LogP contribution >= 0.6 is 0 Å². The van der Waals surface area contributed by atoms with Gasteiger partial charge in [-0.1, -0.05) is 241 Å². The Kier molecular flexibility index (Phi) is 22.1. The van der Waals surface area contributed by atoms with E-state index in [1.54, 1.807) is 0 Å². The van der Waals surface area contributed by atoms with E-state index < -0.39 is 0 Å². The lowest BCUT2D eigenvalue weighted by molar-refractivity contribution is 0.423. The number of hydrogen-bond acceptors (Lipinski definition) is 1. The SMILES string of the molecule is C.C.C.C.C#Cc1ccc2c(c1)c1cc(C#N)ccc1n2C(C)(C)C.CC(C)(C)c1ccc2c(c1)c1cc(C(C)(C)C)ccc1n2C(C)(C)C.CC(C)(C)n1c2c(-c3ccccc3)cccc2c2cccc(-c3ccccc3)c21.CC(C)(C)n1c2ccccc2c2cc(-n3c4ccccc4c4ccccc43)ccc21. The van der Waals surface area contributed by atoms with Gasteiger partial charge in [0.25, 0.3) is 0 Å². The van der Waals surface area contributed by atoms with Crippen molar-refractivity contribution in [3.63, 3.8) is 0 Å². The number of nitriles is 1. The van der Waals surface area contributed by atoms with E-state index in [4.69, 9.17) is 11.7 Å². The Hall–Kier alpha value is -11.3. The molecule has 17 rings (SSSR count). The summed E-state index contributed by atoms with van der Waals surface area (Å²) in [6.45, 7) is 40.9. The zero-order chi connectivity index (χ0) is 74.4. The molecule has 0 N–H and O–H groups in total. The van der Waals surface area contributed by atoms with Crippen molar-refractivity contribution >= 4 is 109 Å². The Balaban J connectivity index is 0.000000154. The maximum absolute atomic E-state index is 9.15. The summed E-state index contributed by atoms with van der Waals surface area (Å²) in [5.41, 5.74) is 23.5. The average molecular weight is 1440 g/mol. The van der Waals surface area contributed by atoms with Crippen molar-refractivity contribution in [3.05, 3.63) is 283 Å². The van der Waals surface area contributed by atoms with E-state index in [0.717, 1.165) is 27.4 Å². The monoisotopic (exact) mass is 1430 g/mol. The van der Waals surface area contributed by atoms with Gasteiger partial charge in [-0.15, -0.1) is 6.42 Å². The van der Waals surface area contributed by atoms with E-state index in [-0.39, 0.29) is 62.7 Å². The minimum atomic E-state index is -0.0598. The first-order valence-electron chi connectivity index (χ1n) is 37.1. The normalized spacial score (nSPS) is 12.0. The van der Waals surface area contributed by atoms with E-state index in [1.165, 1.54) is 126 Å². The molecule has 0 spiro atoms. The first-order chi connectivity index (χ1) is 49.8. The van der Waals surface area contributed by atoms with E-state index >= 15 is 0 Å². The molecule has 0 radical (unpaired) electrons. The average Bonchev–Trinajstić information content (AvgIpc) is 1.59. The third-order valence-corrected chi connectivity index (χ3v) is 20.7. The minimum absolute atomic E-state index is 0. The summed E-state index contributed by atoms with van der Waals surface area (Å²) in [6, 6.07) is 96.1. The summed E-state index contributed by atoms with van der Waals surface area (Å²) in [6.07, 6.45) is 5.52. The van der Waals surface area contributed by atoms with Gasteiger partial charge in [-0.2, -0.15) is 5.26 Å². The van der Waals surface area contributed by atoms with E-state index in [0.29, 0.717) is 5.56 Å². The summed E-state index contributed by atoms with van der Waals surface area (Å²) in [4.78, 5) is 0. The number of benzene rings is 12. The molecule has 0 aliphatic rings. The van der Waals surface area contributed by atoms with Gasteiger partial charge in [0.15, 0.2) is 0 Å². The number of fused-ring (bicyclic) bond motifs is 15. The highest BCUT2D eigenvalue weighted by molar-refractivity contribution is 6.17. The van der Waals surface area contributed by atoms with Crippen molar-refractivity contribution in [2.24, 2.45) is 0 Å². The fourth-order valence-electron chi connectivity index (χ4n) is 16.1. The van der Waals surface area contributed by atoms with Crippen LogP contribution in [0.2, 0.25) is 0 Å². The molecule has 0 amide bonds. The van der Waals surface area contributed by atoms with Gasteiger partial charge in [-0.05, 0) is 213 Å². The predicted molar refractivity (Wildman–Crippen MR) is 480 cm³/mol. The van der Waals surface area contributed by atoms with Crippen molar-refractivity contribution in [1.82, 2.24) is 22.8 Å². The van der Waals surface area contributed by atoms with Crippen molar-refractivity contribution in [3.8, 4) is 46.4 Å². The summed E-state index contributed by atoms with van der Waals surface area (Å²) >= 11 is 0. The molecule has 0 bridgehead atoms. The lowest BCUT2D eigenvalue weighted by Crippen LogP contribution is -2.22. The molecule has 17 aromatic rings. The number of hydrogen-bond donors (Lipinski definition) is 0. The lowest BCUT2D eigenvalue weighted by atomic mass is 9.85. The first-order valence-corrected chi connectivity index (χ1v) is 37.1. The van der Waals surface area contributed by atoms with E-state index in [9.17, 15) is 0 Å². The highest BCUT2D eigenvalue weighted by atomic mass is 15.1. The molecule has 6 heteroatoms. The number of nitrogens with zero attached hydrogens (tertiary/aromatic N) is 6. The highest BCUT2D eigenvalue weighted by Gasteiger charge is 2.29. The Morgan fingerprint density at radius 1 is 0.266 bits per heavy atom. The first kappa shape index (κ1) is 80.2. The van der Waals surface area contributed by atoms with Gasteiger partial charge < -0.3 is 22.8 Å². The molecule has 0 fully saturated rings. The fraction of sp³-hybridized carbons (Fsp3) is 0.272. The van der Waals surface area contributed by atoms with Crippen molar-refractivity contribution in [1.29, 1.82) is 5.26 Å². The molecule has 0 atom stereocenters. The second-order valence-electron chi connectivity index (χ2n) is 34.4. The van der Waals surface area contributed by atoms with E-state index in [1.807, 2.05) is 30.3 Å². The molecule has 0 aliphatic carbocycles. The molecule has 0 saturated carbocycles.